The van der Waals surface area contributed by atoms with Gasteiger partial charge in [0.25, 0.3) is 0 Å². The summed E-state index contributed by atoms with van der Waals surface area (Å²) >= 11 is 0. The van der Waals surface area contributed by atoms with E-state index in [4.69, 9.17) is 0 Å². The molecule has 1 N–H and O–H groups in total. The highest BCUT2D eigenvalue weighted by Gasteiger charge is 2.30. The van der Waals surface area contributed by atoms with Gasteiger partial charge in [0, 0.05) is 6.54 Å². The zero-order valence-corrected chi connectivity index (χ0v) is 12.0. The summed E-state index contributed by atoms with van der Waals surface area (Å²) in [5, 5.41) is 3.29. The van der Waals surface area contributed by atoms with Crippen molar-refractivity contribution in [1.82, 2.24) is 10.2 Å². The zero-order valence-electron chi connectivity index (χ0n) is 12.0. The van der Waals surface area contributed by atoms with Crippen LogP contribution in [0, 0.1) is 11.8 Å². The fourth-order valence-corrected chi connectivity index (χ4v) is 1.93. The molecule has 0 radical (unpaired) electrons. The monoisotopic (exact) mass is 268 g/mol. The average molecular weight is 268 g/mol. The van der Waals surface area contributed by atoms with E-state index in [9.17, 15) is 13.2 Å². The molecular formula is C13H27F3N2. The van der Waals surface area contributed by atoms with E-state index < -0.39 is 12.7 Å². The van der Waals surface area contributed by atoms with E-state index in [1.54, 1.807) is 0 Å². The molecule has 0 saturated heterocycles. The van der Waals surface area contributed by atoms with Crippen LogP contribution in [-0.4, -0.2) is 43.8 Å². The number of hydrogen-bond donors (Lipinski definition) is 1. The Hall–Kier alpha value is -0.290. The lowest BCUT2D eigenvalue weighted by molar-refractivity contribution is -0.147. The minimum atomic E-state index is -4.10. The van der Waals surface area contributed by atoms with Crippen LogP contribution in [0.5, 0.6) is 0 Å². The van der Waals surface area contributed by atoms with E-state index in [2.05, 4.69) is 19.2 Å². The van der Waals surface area contributed by atoms with Gasteiger partial charge in [-0.3, -0.25) is 4.90 Å². The standard InChI is InChI=1S/C13H27F3N2/c1-5-6-18(10-13(14,15)16)9-12(4)8-17-7-11(2)3/h11-12,17H,5-10H2,1-4H3. The average Bonchev–Trinajstić information content (AvgIpc) is 2.14. The summed E-state index contributed by atoms with van der Waals surface area (Å²) in [6.45, 7) is 10.0. The van der Waals surface area contributed by atoms with E-state index in [-0.39, 0.29) is 5.92 Å². The lowest BCUT2D eigenvalue weighted by Gasteiger charge is -2.26. The summed E-state index contributed by atoms with van der Waals surface area (Å²) < 4.78 is 37.1. The first kappa shape index (κ1) is 17.7. The van der Waals surface area contributed by atoms with Crippen LogP contribution in [0.25, 0.3) is 0 Å². The molecule has 0 rings (SSSR count). The van der Waals surface area contributed by atoms with Crippen LogP contribution in [0.2, 0.25) is 0 Å². The zero-order chi connectivity index (χ0) is 14.2. The molecule has 0 spiro atoms. The van der Waals surface area contributed by atoms with E-state index in [0.29, 0.717) is 19.0 Å². The topological polar surface area (TPSA) is 15.3 Å². The van der Waals surface area contributed by atoms with Crippen LogP contribution in [-0.2, 0) is 0 Å². The molecule has 0 aromatic rings. The van der Waals surface area contributed by atoms with E-state index in [0.717, 1.165) is 19.5 Å². The molecule has 0 bridgehead atoms. The Morgan fingerprint density at radius 2 is 1.72 bits per heavy atom. The molecule has 18 heavy (non-hydrogen) atoms. The third-order valence-corrected chi connectivity index (χ3v) is 2.56. The molecule has 0 aromatic carbocycles. The molecule has 0 saturated carbocycles. The molecule has 0 amide bonds. The van der Waals surface area contributed by atoms with Crippen LogP contribution >= 0.6 is 0 Å². The molecule has 0 heterocycles. The van der Waals surface area contributed by atoms with Crippen molar-refractivity contribution in [2.24, 2.45) is 11.8 Å². The fraction of sp³-hybridized carbons (Fsp3) is 1.00. The molecule has 0 aliphatic rings. The third-order valence-electron chi connectivity index (χ3n) is 2.56. The predicted octanol–water partition coefficient (Wildman–Crippen LogP) is 3.14. The van der Waals surface area contributed by atoms with Gasteiger partial charge in [-0.05, 0) is 37.9 Å². The number of rotatable bonds is 9. The van der Waals surface area contributed by atoms with Crippen LogP contribution < -0.4 is 5.32 Å². The molecule has 1 unspecified atom stereocenters. The van der Waals surface area contributed by atoms with Gasteiger partial charge >= 0.3 is 6.18 Å². The normalized spacial score (nSPS) is 14.5. The Bertz CT molecular complexity index is 205. The van der Waals surface area contributed by atoms with Gasteiger partial charge in [-0.1, -0.05) is 27.7 Å². The van der Waals surface area contributed by atoms with Gasteiger partial charge < -0.3 is 5.32 Å². The summed E-state index contributed by atoms with van der Waals surface area (Å²) in [5.74, 6) is 0.803. The Morgan fingerprint density at radius 1 is 1.11 bits per heavy atom. The van der Waals surface area contributed by atoms with Gasteiger partial charge in [-0.25, -0.2) is 0 Å². The number of hydrogen-bond acceptors (Lipinski definition) is 2. The first-order valence-electron chi connectivity index (χ1n) is 6.74. The first-order chi connectivity index (χ1) is 8.24. The van der Waals surface area contributed by atoms with Gasteiger partial charge in [0.05, 0.1) is 6.54 Å². The second-order valence-corrected chi connectivity index (χ2v) is 5.51. The van der Waals surface area contributed by atoms with E-state index in [1.165, 1.54) is 4.90 Å². The Morgan fingerprint density at radius 3 is 2.17 bits per heavy atom. The van der Waals surface area contributed by atoms with E-state index in [1.807, 2.05) is 13.8 Å². The van der Waals surface area contributed by atoms with Crippen LogP contribution in [0.4, 0.5) is 13.2 Å². The SMILES string of the molecule is CCCN(CC(C)CNCC(C)C)CC(F)(F)F. The maximum atomic E-state index is 12.4. The lowest BCUT2D eigenvalue weighted by atomic mass is 10.1. The van der Waals surface area contributed by atoms with Crippen molar-refractivity contribution in [3.8, 4) is 0 Å². The van der Waals surface area contributed by atoms with Crippen molar-refractivity contribution >= 4 is 0 Å². The van der Waals surface area contributed by atoms with Gasteiger partial charge in [-0.15, -0.1) is 0 Å². The van der Waals surface area contributed by atoms with Crippen LogP contribution in [0.3, 0.4) is 0 Å². The Kier molecular flexibility index (Phi) is 8.61. The molecule has 0 aliphatic heterocycles. The van der Waals surface area contributed by atoms with Crippen molar-refractivity contribution in [3.63, 3.8) is 0 Å². The molecule has 0 fully saturated rings. The van der Waals surface area contributed by atoms with Gasteiger partial charge in [0.1, 0.15) is 0 Å². The minimum absolute atomic E-state index is 0.234. The second-order valence-electron chi connectivity index (χ2n) is 5.51. The van der Waals surface area contributed by atoms with Crippen molar-refractivity contribution in [2.45, 2.75) is 40.3 Å². The smallest absolute Gasteiger partial charge is 0.316 e. The Balaban J connectivity index is 3.99. The quantitative estimate of drug-likeness (QED) is 0.691. The molecule has 0 aliphatic carbocycles. The summed E-state index contributed by atoms with van der Waals surface area (Å²) in [4.78, 5) is 1.50. The number of alkyl halides is 3. The summed E-state index contributed by atoms with van der Waals surface area (Å²) in [6.07, 6.45) is -3.34. The van der Waals surface area contributed by atoms with E-state index >= 15 is 0 Å². The number of nitrogens with one attached hydrogen (secondary N) is 1. The number of nitrogens with zero attached hydrogens (tertiary/aromatic N) is 1. The Labute approximate surface area is 109 Å². The summed E-state index contributed by atoms with van der Waals surface area (Å²) in [5.41, 5.74) is 0. The van der Waals surface area contributed by atoms with Crippen molar-refractivity contribution in [1.29, 1.82) is 0 Å². The number of halogens is 3. The van der Waals surface area contributed by atoms with Crippen molar-refractivity contribution in [2.75, 3.05) is 32.7 Å². The minimum Gasteiger partial charge on any atom is -0.316 e. The highest BCUT2D eigenvalue weighted by Crippen LogP contribution is 2.17. The van der Waals surface area contributed by atoms with Crippen molar-refractivity contribution < 1.29 is 13.2 Å². The molecule has 1 atom stereocenters. The van der Waals surface area contributed by atoms with Gasteiger partial charge in [0.15, 0.2) is 0 Å². The molecule has 5 heteroatoms. The summed E-state index contributed by atoms with van der Waals surface area (Å²) in [7, 11) is 0. The largest absolute Gasteiger partial charge is 0.401 e. The van der Waals surface area contributed by atoms with Crippen molar-refractivity contribution in [3.05, 3.63) is 0 Å². The highest BCUT2D eigenvalue weighted by molar-refractivity contribution is 4.68. The first-order valence-corrected chi connectivity index (χ1v) is 6.74. The molecular weight excluding hydrogens is 241 g/mol. The lowest BCUT2D eigenvalue weighted by Crippen LogP contribution is -2.40. The maximum absolute atomic E-state index is 12.4. The highest BCUT2D eigenvalue weighted by atomic mass is 19.4. The molecule has 110 valence electrons. The summed E-state index contributed by atoms with van der Waals surface area (Å²) in [6, 6.07) is 0. The molecule has 0 aromatic heterocycles. The second kappa shape index (κ2) is 8.75. The fourth-order valence-electron chi connectivity index (χ4n) is 1.93. The van der Waals surface area contributed by atoms with Gasteiger partial charge in [0.2, 0.25) is 0 Å². The third kappa shape index (κ3) is 10.8. The van der Waals surface area contributed by atoms with Crippen LogP contribution in [0.15, 0.2) is 0 Å². The van der Waals surface area contributed by atoms with Crippen LogP contribution in [0.1, 0.15) is 34.1 Å². The predicted molar refractivity (Wildman–Crippen MR) is 69.7 cm³/mol. The maximum Gasteiger partial charge on any atom is 0.401 e. The molecule has 2 nitrogen and oxygen atoms in total. The van der Waals surface area contributed by atoms with Gasteiger partial charge in [-0.2, -0.15) is 13.2 Å².